The zero-order valence-corrected chi connectivity index (χ0v) is 31.9. The van der Waals surface area contributed by atoms with Crippen LogP contribution >= 0.6 is 11.8 Å². The molecule has 312 valence electrons. The number of hydrogen-bond acceptors (Lipinski definition) is 12. The molecule has 0 saturated carbocycles. The summed E-state index contributed by atoms with van der Waals surface area (Å²) in [6.07, 6.45) is 2.17. The van der Waals surface area contributed by atoms with E-state index in [2.05, 4.69) is 42.5 Å². The Morgan fingerprint density at radius 2 is 1.56 bits per heavy atom. The number of rotatable bonds is 17. The summed E-state index contributed by atoms with van der Waals surface area (Å²) in [4.78, 5) is 113. The van der Waals surface area contributed by atoms with Gasteiger partial charge in [-0.3, -0.25) is 38.4 Å². The molecule has 2 fully saturated rings. The van der Waals surface area contributed by atoms with E-state index >= 15 is 0 Å². The van der Waals surface area contributed by atoms with E-state index in [0.717, 1.165) is 12.8 Å². The molecule has 1 aromatic carbocycles. The molecule has 0 aliphatic carbocycles. The molecule has 0 spiro atoms. The van der Waals surface area contributed by atoms with Crippen molar-refractivity contribution < 1.29 is 58.1 Å². The minimum Gasteiger partial charge on any atom is -0.493 e. The van der Waals surface area contributed by atoms with Crippen molar-refractivity contribution in [2.45, 2.75) is 99.0 Å². The molecular formula is C35H49N9O12S. The number of unbranched alkanes of at least 4 members (excludes halogenated alkanes) is 1. The summed E-state index contributed by atoms with van der Waals surface area (Å²) in [5, 5.41) is 39.4. The molecule has 3 heterocycles. The maximum Gasteiger partial charge on any atom is 0.322 e. The van der Waals surface area contributed by atoms with Crippen molar-refractivity contribution in [2.24, 2.45) is 5.73 Å². The summed E-state index contributed by atoms with van der Waals surface area (Å²) in [5.74, 6) is -7.01. The quantitative estimate of drug-likeness (QED) is 0.0795. The topological polar surface area (TPSA) is 326 Å². The molecule has 4 rings (SSSR count). The zero-order valence-electron chi connectivity index (χ0n) is 31.1. The highest BCUT2D eigenvalue weighted by Gasteiger charge is 2.41. The lowest BCUT2D eigenvalue weighted by molar-refractivity contribution is -0.139. The Bertz CT molecular complexity index is 1680. The van der Waals surface area contributed by atoms with Crippen LogP contribution in [0.3, 0.4) is 0 Å². The van der Waals surface area contributed by atoms with Gasteiger partial charge in [-0.2, -0.15) is 0 Å². The molecule has 6 unspecified atom stereocenters. The molecule has 6 atom stereocenters. The highest BCUT2D eigenvalue weighted by Crippen LogP contribution is 2.37. The minimum absolute atomic E-state index is 0.0242. The highest BCUT2D eigenvalue weighted by atomic mass is 32.2. The fourth-order valence-corrected chi connectivity index (χ4v) is 7.93. The Morgan fingerprint density at radius 1 is 0.807 bits per heavy atom. The smallest absolute Gasteiger partial charge is 0.322 e. The van der Waals surface area contributed by atoms with Crippen molar-refractivity contribution in [3.05, 3.63) is 23.8 Å². The summed E-state index contributed by atoms with van der Waals surface area (Å²) in [6, 6.07) is -0.140. The van der Waals surface area contributed by atoms with Gasteiger partial charge in [0.25, 0.3) is 5.91 Å². The van der Waals surface area contributed by atoms with Crippen LogP contribution in [-0.4, -0.2) is 125 Å². The van der Waals surface area contributed by atoms with Gasteiger partial charge in [0, 0.05) is 30.2 Å². The van der Waals surface area contributed by atoms with E-state index in [1.54, 1.807) is 11.8 Å². The van der Waals surface area contributed by atoms with Crippen molar-refractivity contribution in [3.63, 3.8) is 0 Å². The molecule has 12 N–H and O–H groups in total. The number of nitrogens with one attached hydrogen (secondary N) is 8. The average Bonchev–Trinajstić information content (AvgIpc) is 3.70. The number of ether oxygens (including phenoxy) is 1. The van der Waals surface area contributed by atoms with E-state index in [4.69, 9.17) is 15.6 Å². The average molecular weight is 820 g/mol. The number of amides is 8. The highest BCUT2D eigenvalue weighted by molar-refractivity contribution is 8.00. The second-order valence-corrected chi connectivity index (χ2v) is 15.1. The number of carbonyl (C=O) groups excluding carboxylic acids is 7. The number of benzene rings is 1. The lowest BCUT2D eigenvalue weighted by atomic mass is 10.0. The zero-order chi connectivity index (χ0) is 41.5. The van der Waals surface area contributed by atoms with Crippen LogP contribution in [0.25, 0.3) is 0 Å². The molecule has 0 aromatic heterocycles. The van der Waals surface area contributed by atoms with Crippen LogP contribution in [0.1, 0.15) is 74.6 Å². The molecule has 57 heavy (non-hydrogen) atoms. The van der Waals surface area contributed by atoms with Gasteiger partial charge >= 0.3 is 18.0 Å². The van der Waals surface area contributed by atoms with E-state index in [1.807, 2.05) is 0 Å². The first-order chi connectivity index (χ1) is 27.2. The van der Waals surface area contributed by atoms with Crippen LogP contribution < -0.4 is 53.0 Å². The second kappa shape index (κ2) is 21.6. The molecule has 8 amide bonds. The SMILES string of the molecule is NCCCCC1NC(=O)C(CCC(=O)O)NC(=O)c2cc(NC(=O)CNC(=O)CCCC3CC4NC(=O)NC4S3)ccc2OCCC(C(=O)NCC(=O)O)NC1=O. The Hall–Kier alpha value is -5.64. The number of fused-ring (bicyclic) bond motifs is 2. The van der Waals surface area contributed by atoms with Crippen molar-refractivity contribution in [2.75, 3.05) is 31.6 Å². The van der Waals surface area contributed by atoms with Gasteiger partial charge in [-0.05, 0) is 69.7 Å². The fourth-order valence-electron chi connectivity index (χ4n) is 6.35. The van der Waals surface area contributed by atoms with Crippen LogP contribution in [0.5, 0.6) is 5.75 Å². The van der Waals surface area contributed by atoms with Gasteiger partial charge in [0.2, 0.25) is 29.5 Å². The van der Waals surface area contributed by atoms with Gasteiger partial charge in [-0.25, -0.2) is 4.79 Å². The Balaban J connectivity index is 1.45. The van der Waals surface area contributed by atoms with Crippen molar-refractivity contribution in [1.82, 2.24) is 37.2 Å². The van der Waals surface area contributed by atoms with E-state index in [0.29, 0.717) is 19.3 Å². The number of carboxylic acid groups (broad SMARTS) is 2. The van der Waals surface area contributed by atoms with Gasteiger partial charge in [0.1, 0.15) is 30.4 Å². The molecule has 0 bridgehead atoms. The third-order valence-corrected chi connectivity index (χ3v) is 10.8. The number of nitrogens with two attached hydrogens (primary N) is 1. The number of hydrogen-bond donors (Lipinski definition) is 11. The largest absolute Gasteiger partial charge is 0.493 e. The maximum absolute atomic E-state index is 13.7. The first-order valence-electron chi connectivity index (χ1n) is 18.6. The number of urea groups is 1. The van der Waals surface area contributed by atoms with Gasteiger partial charge in [-0.15, -0.1) is 11.8 Å². The Kier molecular flexibility index (Phi) is 16.7. The van der Waals surface area contributed by atoms with Gasteiger partial charge in [-0.1, -0.05) is 0 Å². The van der Waals surface area contributed by atoms with Gasteiger partial charge in [0.15, 0.2) is 0 Å². The standard InChI is InChI=1S/C35H49N9O12S/c36-12-2-1-5-21-32(53)42-23(31(52)38-17-29(49)50)11-13-56-25-9-7-18(14-20(25)30(51)40-22(33(54)41-21)8-10-28(47)48)39-27(46)16-37-26(45)6-3-4-19-15-24-34(57-19)44-35(55)43-24/h7,9,14,19,21-24,34H,1-6,8,10-13,15-17,36H2,(H,37,45)(H,38,52)(H,39,46)(H,40,51)(H,41,54)(H,42,53)(H,47,48)(H,49,50)(H2,43,44,55). The number of thioether (sulfide) groups is 1. The number of aliphatic carboxylic acids is 2. The molecule has 22 heteroatoms. The van der Waals surface area contributed by atoms with Gasteiger partial charge < -0.3 is 63.2 Å². The first-order valence-corrected chi connectivity index (χ1v) is 19.6. The van der Waals surface area contributed by atoms with Crippen LogP contribution in [0.15, 0.2) is 18.2 Å². The van der Waals surface area contributed by atoms with Crippen LogP contribution in [0.4, 0.5) is 10.5 Å². The molecule has 2 saturated heterocycles. The summed E-state index contributed by atoms with van der Waals surface area (Å²) < 4.78 is 5.84. The Labute approximate surface area is 331 Å². The number of anilines is 1. The van der Waals surface area contributed by atoms with Crippen LogP contribution in [0.2, 0.25) is 0 Å². The Morgan fingerprint density at radius 3 is 2.28 bits per heavy atom. The summed E-state index contributed by atoms with van der Waals surface area (Å²) >= 11 is 1.66. The minimum atomic E-state index is -1.46. The predicted molar refractivity (Wildman–Crippen MR) is 203 cm³/mol. The molecular weight excluding hydrogens is 771 g/mol. The van der Waals surface area contributed by atoms with Crippen molar-refractivity contribution in [1.29, 1.82) is 0 Å². The maximum atomic E-state index is 13.7. The lowest BCUT2D eigenvalue weighted by Crippen LogP contribution is -2.57. The number of carbonyl (C=O) groups is 9. The van der Waals surface area contributed by atoms with E-state index in [1.165, 1.54) is 18.2 Å². The monoisotopic (exact) mass is 819 g/mol. The summed E-state index contributed by atoms with van der Waals surface area (Å²) in [5.41, 5.74) is 5.53. The summed E-state index contributed by atoms with van der Waals surface area (Å²) in [7, 11) is 0. The molecule has 1 aromatic rings. The molecule has 21 nitrogen and oxygen atoms in total. The predicted octanol–water partition coefficient (Wildman–Crippen LogP) is -1.53. The first kappa shape index (κ1) is 44.1. The molecule has 3 aliphatic heterocycles. The number of carboxylic acids is 2. The normalized spacial score (nSPS) is 23.4. The molecule has 0 radical (unpaired) electrons. The third-order valence-electron chi connectivity index (χ3n) is 9.25. The lowest BCUT2D eigenvalue weighted by Gasteiger charge is -2.26. The van der Waals surface area contributed by atoms with E-state index in [9.17, 15) is 48.3 Å². The van der Waals surface area contributed by atoms with Crippen molar-refractivity contribution >= 4 is 70.9 Å². The van der Waals surface area contributed by atoms with Crippen molar-refractivity contribution in [3.8, 4) is 5.75 Å². The van der Waals surface area contributed by atoms with E-state index < -0.39 is 72.6 Å². The van der Waals surface area contributed by atoms with Crippen LogP contribution in [0, 0.1) is 0 Å². The molecule has 3 aliphatic rings. The second-order valence-electron chi connectivity index (χ2n) is 13.7. The van der Waals surface area contributed by atoms with Crippen LogP contribution in [-0.2, 0) is 33.6 Å². The van der Waals surface area contributed by atoms with E-state index in [-0.39, 0.29) is 91.0 Å². The van der Waals surface area contributed by atoms with Gasteiger partial charge in [0.05, 0.1) is 30.1 Å². The third kappa shape index (κ3) is 14.1. The summed E-state index contributed by atoms with van der Waals surface area (Å²) in [6.45, 7) is -1.10. The fraction of sp³-hybridized carbons (Fsp3) is 0.571.